The Balaban J connectivity index is 2.56. The Morgan fingerprint density at radius 1 is 1.20 bits per heavy atom. The summed E-state index contributed by atoms with van der Waals surface area (Å²) in [5.74, 6) is 0. The molecule has 1 saturated carbocycles. The van der Waals surface area contributed by atoms with Gasteiger partial charge < -0.3 is 11.5 Å². The number of thiocarbonyl (C=S) groups is 1. The Morgan fingerprint density at radius 2 is 1.70 bits per heavy atom. The lowest BCUT2D eigenvalue weighted by Crippen LogP contribution is -2.52. The summed E-state index contributed by atoms with van der Waals surface area (Å²) in [4.78, 5) is 0.493. The van der Waals surface area contributed by atoms with E-state index in [1.807, 2.05) is 0 Å². The van der Waals surface area contributed by atoms with Gasteiger partial charge in [-0.2, -0.15) is 0 Å². The molecule has 0 bridgehead atoms. The first-order valence-electron chi connectivity index (χ1n) is 3.74. The maximum Gasteiger partial charge on any atom is 0.0929 e. The minimum Gasteiger partial charge on any atom is -0.392 e. The van der Waals surface area contributed by atoms with E-state index in [1.54, 1.807) is 0 Å². The molecule has 0 spiro atoms. The van der Waals surface area contributed by atoms with Gasteiger partial charge in [-0.15, -0.1) is 0 Å². The van der Waals surface area contributed by atoms with Crippen molar-refractivity contribution in [2.45, 2.75) is 37.6 Å². The van der Waals surface area contributed by atoms with Crippen LogP contribution in [-0.2, 0) is 0 Å². The highest BCUT2D eigenvalue weighted by molar-refractivity contribution is 7.80. The molecule has 0 heterocycles. The van der Waals surface area contributed by atoms with E-state index in [1.165, 1.54) is 19.3 Å². The Labute approximate surface area is 67.0 Å². The van der Waals surface area contributed by atoms with E-state index < -0.39 is 0 Å². The molecule has 2 nitrogen and oxygen atoms in total. The predicted octanol–water partition coefficient (Wildman–Crippen LogP) is 0.934. The molecule has 0 atom stereocenters. The fraction of sp³-hybridized carbons (Fsp3) is 0.857. The number of hydrogen-bond acceptors (Lipinski definition) is 2. The number of rotatable bonds is 1. The van der Waals surface area contributed by atoms with E-state index in [4.69, 9.17) is 23.7 Å². The van der Waals surface area contributed by atoms with E-state index in [-0.39, 0.29) is 5.54 Å². The van der Waals surface area contributed by atoms with Crippen LogP contribution in [0.4, 0.5) is 0 Å². The van der Waals surface area contributed by atoms with Crippen molar-refractivity contribution in [1.82, 2.24) is 0 Å². The Bertz CT molecular complexity index is 139. The molecule has 0 aromatic carbocycles. The molecule has 0 amide bonds. The van der Waals surface area contributed by atoms with Gasteiger partial charge in [0, 0.05) is 0 Å². The van der Waals surface area contributed by atoms with Crippen LogP contribution in [0.3, 0.4) is 0 Å². The molecule has 0 aromatic rings. The van der Waals surface area contributed by atoms with Gasteiger partial charge in [0.1, 0.15) is 0 Å². The first kappa shape index (κ1) is 7.95. The van der Waals surface area contributed by atoms with Crippen LogP contribution in [-0.4, -0.2) is 10.5 Å². The summed E-state index contributed by atoms with van der Waals surface area (Å²) in [6.45, 7) is 0. The standard InChI is InChI=1S/C7H14N2S/c8-6(10)7(9)4-2-1-3-5-7/h1-5,9H2,(H2,8,10). The third-order valence-corrected chi connectivity index (χ3v) is 2.64. The quantitative estimate of drug-likeness (QED) is 0.558. The van der Waals surface area contributed by atoms with Crippen molar-refractivity contribution in [2.75, 3.05) is 0 Å². The Kier molecular flexibility index (Phi) is 2.26. The van der Waals surface area contributed by atoms with Gasteiger partial charge in [-0.05, 0) is 12.8 Å². The molecule has 1 aliphatic rings. The smallest absolute Gasteiger partial charge is 0.0929 e. The van der Waals surface area contributed by atoms with E-state index in [0.717, 1.165) is 12.8 Å². The molecule has 0 aliphatic heterocycles. The molecule has 3 heteroatoms. The monoisotopic (exact) mass is 158 g/mol. The van der Waals surface area contributed by atoms with Crippen molar-refractivity contribution >= 4 is 17.2 Å². The summed E-state index contributed by atoms with van der Waals surface area (Å²) in [5, 5.41) is 0. The number of nitrogens with two attached hydrogens (primary N) is 2. The largest absolute Gasteiger partial charge is 0.392 e. The van der Waals surface area contributed by atoms with Crippen LogP contribution in [0.2, 0.25) is 0 Å². The molecule has 1 aliphatic carbocycles. The van der Waals surface area contributed by atoms with Gasteiger partial charge >= 0.3 is 0 Å². The fourth-order valence-corrected chi connectivity index (χ4v) is 1.63. The molecule has 4 N–H and O–H groups in total. The predicted molar refractivity (Wildman–Crippen MR) is 46.8 cm³/mol. The van der Waals surface area contributed by atoms with Crippen molar-refractivity contribution in [2.24, 2.45) is 11.5 Å². The molecular weight excluding hydrogens is 144 g/mol. The molecule has 0 unspecified atom stereocenters. The molecule has 58 valence electrons. The average Bonchev–Trinajstić information content (AvgIpc) is 1.89. The summed E-state index contributed by atoms with van der Waals surface area (Å²) in [6.07, 6.45) is 5.58. The van der Waals surface area contributed by atoms with Crippen molar-refractivity contribution in [3.63, 3.8) is 0 Å². The lowest BCUT2D eigenvalue weighted by molar-refractivity contribution is 0.382. The van der Waals surface area contributed by atoms with Crippen LogP contribution in [0, 0.1) is 0 Å². The van der Waals surface area contributed by atoms with Crippen LogP contribution in [0.5, 0.6) is 0 Å². The fourth-order valence-electron chi connectivity index (χ4n) is 1.43. The van der Waals surface area contributed by atoms with Crippen molar-refractivity contribution < 1.29 is 0 Å². The molecule has 1 fully saturated rings. The van der Waals surface area contributed by atoms with Crippen LogP contribution < -0.4 is 11.5 Å². The first-order valence-corrected chi connectivity index (χ1v) is 4.15. The maximum absolute atomic E-state index is 5.94. The molecule has 0 radical (unpaired) electrons. The molecule has 0 saturated heterocycles. The van der Waals surface area contributed by atoms with E-state index in [0.29, 0.717) is 4.99 Å². The van der Waals surface area contributed by atoms with Crippen LogP contribution in [0.25, 0.3) is 0 Å². The van der Waals surface area contributed by atoms with Crippen molar-refractivity contribution in [1.29, 1.82) is 0 Å². The van der Waals surface area contributed by atoms with Crippen LogP contribution in [0.1, 0.15) is 32.1 Å². The molecule has 10 heavy (non-hydrogen) atoms. The highest BCUT2D eigenvalue weighted by Gasteiger charge is 2.29. The second-order valence-electron chi connectivity index (χ2n) is 3.08. The van der Waals surface area contributed by atoms with Gasteiger partial charge in [0.25, 0.3) is 0 Å². The SMILES string of the molecule is NC(=S)C1(N)CCCCC1. The summed E-state index contributed by atoms with van der Waals surface area (Å²) in [7, 11) is 0. The molecule has 0 aromatic heterocycles. The number of hydrogen-bond donors (Lipinski definition) is 2. The highest BCUT2D eigenvalue weighted by Crippen LogP contribution is 2.25. The normalized spacial score (nSPS) is 24.1. The summed E-state index contributed by atoms with van der Waals surface area (Å²) in [6, 6.07) is 0. The second kappa shape index (κ2) is 2.84. The average molecular weight is 158 g/mol. The van der Waals surface area contributed by atoms with E-state index in [9.17, 15) is 0 Å². The zero-order valence-corrected chi connectivity index (χ0v) is 6.91. The topological polar surface area (TPSA) is 52.0 Å². The van der Waals surface area contributed by atoms with E-state index >= 15 is 0 Å². The summed E-state index contributed by atoms with van der Waals surface area (Å²) >= 11 is 4.88. The molecular formula is C7H14N2S. The van der Waals surface area contributed by atoms with Gasteiger partial charge in [-0.1, -0.05) is 31.5 Å². The van der Waals surface area contributed by atoms with Gasteiger partial charge in [0.05, 0.1) is 10.5 Å². The lowest BCUT2D eigenvalue weighted by atomic mass is 9.83. The third-order valence-electron chi connectivity index (χ3n) is 2.24. The summed E-state index contributed by atoms with van der Waals surface area (Å²) in [5.41, 5.74) is 11.1. The van der Waals surface area contributed by atoms with Crippen LogP contribution in [0.15, 0.2) is 0 Å². The van der Waals surface area contributed by atoms with Gasteiger partial charge in [-0.3, -0.25) is 0 Å². The summed E-state index contributed by atoms with van der Waals surface area (Å²) < 4.78 is 0. The maximum atomic E-state index is 5.94. The minimum absolute atomic E-state index is 0.312. The Hall–Kier alpha value is -0.150. The minimum atomic E-state index is -0.312. The van der Waals surface area contributed by atoms with Gasteiger partial charge in [0.15, 0.2) is 0 Å². The van der Waals surface area contributed by atoms with Crippen LogP contribution >= 0.6 is 12.2 Å². The second-order valence-corrected chi connectivity index (χ2v) is 3.52. The highest BCUT2D eigenvalue weighted by atomic mass is 32.1. The van der Waals surface area contributed by atoms with Crippen molar-refractivity contribution in [3.8, 4) is 0 Å². The lowest BCUT2D eigenvalue weighted by Gasteiger charge is -2.31. The zero-order chi connectivity index (χ0) is 7.61. The van der Waals surface area contributed by atoms with E-state index in [2.05, 4.69) is 0 Å². The van der Waals surface area contributed by atoms with Gasteiger partial charge in [0.2, 0.25) is 0 Å². The van der Waals surface area contributed by atoms with Gasteiger partial charge in [-0.25, -0.2) is 0 Å². The Morgan fingerprint density at radius 3 is 2.00 bits per heavy atom. The van der Waals surface area contributed by atoms with Crippen molar-refractivity contribution in [3.05, 3.63) is 0 Å². The molecule has 1 rings (SSSR count). The first-order chi connectivity index (χ1) is 4.65. The zero-order valence-electron chi connectivity index (χ0n) is 6.10. The third kappa shape index (κ3) is 1.47.